The molecule has 21 heavy (non-hydrogen) atoms. The third-order valence-electron chi connectivity index (χ3n) is 2.63. The van der Waals surface area contributed by atoms with Crippen LogP contribution in [0.5, 0.6) is 0 Å². The summed E-state index contributed by atoms with van der Waals surface area (Å²) < 4.78 is 18.2. The van der Waals surface area contributed by atoms with E-state index in [0.29, 0.717) is 0 Å². The van der Waals surface area contributed by atoms with Gasteiger partial charge in [-0.1, -0.05) is 23.9 Å². The molecule has 0 spiro atoms. The van der Waals surface area contributed by atoms with Crippen LogP contribution in [0.25, 0.3) is 0 Å². The molecule has 0 radical (unpaired) electrons. The summed E-state index contributed by atoms with van der Waals surface area (Å²) in [5, 5.41) is 11.0. The molecule has 0 aliphatic carbocycles. The van der Waals surface area contributed by atoms with E-state index in [1.54, 1.807) is 6.07 Å². The minimum absolute atomic E-state index is 0.168. The average molecular weight is 307 g/mol. The molecule has 0 aromatic heterocycles. The van der Waals surface area contributed by atoms with Crippen LogP contribution in [0.15, 0.2) is 52.3 Å². The van der Waals surface area contributed by atoms with Crippen molar-refractivity contribution in [2.45, 2.75) is 9.79 Å². The highest BCUT2D eigenvalue weighted by atomic mass is 32.2. The molecule has 0 unspecified atom stereocenters. The summed E-state index contributed by atoms with van der Waals surface area (Å²) in [6.07, 6.45) is 0. The number of carbonyl (C=O) groups excluding carboxylic acids is 1. The van der Waals surface area contributed by atoms with Crippen molar-refractivity contribution in [3.8, 4) is 0 Å². The average Bonchev–Trinajstić information content (AvgIpc) is 2.48. The van der Waals surface area contributed by atoms with Gasteiger partial charge < -0.3 is 4.74 Å². The molecule has 0 heterocycles. The molecule has 0 saturated heterocycles. The Morgan fingerprint density at radius 2 is 1.95 bits per heavy atom. The standard InChI is InChI=1S/C14H10FNO4S/c1-20-14(17)9-6-7-11(16(18)19)13(8-9)21-12-5-3-2-4-10(12)15/h2-8H,1H3. The smallest absolute Gasteiger partial charge is 0.337 e. The van der Waals surface area contributed by atoms with E-state index in [-0.39, 0.29) is 21.0 Å². The summed E-state index contributed by atoms with van der Waals surface area (Å²) in [4.78, 5) is 22.4. The summed E-state index contributed by atoms with van der Waals surface area (Å²) in [6, 6.07) is 9.75. The number of hydrogen-bond donors (Lipinski definition) is 0. The molecule has 0 fully saturated rings. The van der Waals surface area contributed by atoms with Gasteiger partial charge in [-0.15, -0.1) is 0 Å². The molecule has 2 aromatic carbocycles. The van der Waals surface area contributed by atoms with E-state index in [0.717, 1.165) is 11.8 Å². The Morgan fingerprint density at radius 1 is 1.24 bits per heavy atom. The Labute approximate surface area is 123 Å². The van der Waals surface area contributed by atoms with Gasteiger partial charge in [0.05, 0.1) is 22.5 Å². The van der Waals surface area contributed by atoms with Crippen LogP contribution in [0, 0.1) is 15.9 Å². The number of rotatable bonds is 4. The molecule has 0 atom stereocenters. The van der Waals surface area contributed by atoms with E-state index in [1.807, 2.05) is 0 Å². The molecule has 108 valence electrons. The molecule has 2 aromatic rings. The van der Waals surface area contributed by atoms with Crippen molar-refractivity contribution in [1.29, 1.82) is 0 Å². The topological polar surface area (TPSA) is 69.4 Å². The molecule has 0 aliphatic heterocycles. The Kier molecular flexibility index (Phi) is 4.54. The number of halogens is 1. The third-order valence-corrected chi connectivity index (χ3v) is 3.73. The second-order valence-electron chi connectivity index (χ2n) is 3.96. The van der Waals surface area contributed by atoms with E-state index in [1.165, 1.54) is 43.5 Å². The summed E-state index contributed by atoms with van der Waals surface area (Å²) in [5.74, 6) is -1.10. The minimum atomic E-state index is -0.611. The van der Waals surface area contributed by atoms with Crippen LogP contribution in [0.1, 0.15) is 10.4 Å². The van der Waals surface area contributed by atoms with E-state index < -0.39 is 16.7 Å². The molecule has 0 aliphatic rings. The van der Waals surface area contributed by atoms with Crippen molar-refractivity contribution in [2.75, 3.05) is 7.11 Å². The predicted molar refractivity (Wildman–Crippen MR) is 75.0 cm³/mol. The van der Waals surface area contributed by atoms with Crippen molar-refractivity contribution in [2.24, 2.45) is 0 Å². The van der Waals surface area contributed by atoms with Gasteiger partial charge in [0.15, 0.2) is 0 Å². The highest BCUT2D eigenvalue weighted by Crippen LogP contribution is 2.36. The second-order valence-corrected chi connectivity index (χ2v) is 5.05. The zero-order valence-corrected chi connectivity index (χ0v) is 11.7. The lowest BCUT2D eigenvalue weighted by Gasteiger charge is -2.06. The third kappa shape index (κ3) is 3.38. The number of carbonyl (C=O) groups is 1. The number of esters is 1. The number of methoxy groups -OCH3 is 1. The number of hydrogen-bond acceptors (Lipinski definition) is 5. The fourth-order valence-corrected chi connectivity index (χ4v) is 2.62. The molecule has 0 bridgehead atoms. The highest BCUT2D eigenvalue weighted by molar-refractivity contribution is 7.99. The quantitative estimate of drug-likeness (QED) is 0.489. The van der Waals surface area contributed by atoms with Crippen LogP contribution < -0.4 is 0 Å². The summed E-state index contributed by atoms with van der Waals surface area (Å²) in [7, 11) is 1.22. The molecule has 0 N–H and O–H groups in total. The van der Waals surface area contributed by atoms with Crippen molar-refractivity contribution in [1.82, 2.24) is 0 Å². The lowest BCUT2D eigenvalue weighted by atomic mass is 10.2. The number of nitro benzene ring substituents is 1. The number of benzene rings is 2. The molecule has 0 amide bonds. The van der Waals surface area contributed by atoms with Crippen molar-refractivity contribution < 1.29 is 18.8 Å². The van der Waals surface area contributed by atoms with Crippen molar-refractivity contribution in [3.63, 3.8) is 0 Å². The van der Waals surface area contributed by atoms with Gasteiger partial charge in [-0.05, 0) is 24.3 Å². The maximum atomic E-state index is 13.7. The largest absolute Gasteiger partial charge is 0.465 e. The van der Waals surface area contributed by atoms with Crippen LogP contribution >= 0.6 is 11.8 Å². The Bertz CT molecular complexity index is 705. The van der Waals surface area contributed by atoms with Crippen LogP contribution in [0.4, 0.5) is 10.1 Å². The first-order valence-electron chi connectivity index (χ1n) is 5.82. The molecule has 0 saturated carbocycles. The van der Waals surface area contributed by atoms with E-state index in [9.17, 15) is 19.3 Å². The number of nitrogens with zero attached hydrogens (tertiary/aromatic N) is 1. The first-order chi connectivity index (χ1) is 10.0. The predicted octanol–water partition coefficient (Wildman–Crippen LogP) is 3.67. The van der Waals surface area contributed by atoms with Gasteiger partial charge in [-0.2, -0.15) is 0 Å². The fourth-order valence-electron chi connectivity index (χ4n) is 1.64. The van der Waals surface area contributed by atoms with Crippen molar-refractivity contribution >= 4 is 23.4 Å². The highest BCUT2D eigenvalue weighted by Gasteiger charge is 2.19. The molecule has 5 nitrogen and oxygen atoms in total. The maximum Gasteiger partial charge on any atom is 0.337 e. The van der Waals surface area contributed by atoms with Gasteiger partial charge in [0, 0.05) is 11.0 Å². The zero-order valence-electron chi connectivity index (χ0n) is 10.9. The number of nitro groups is 1. The minimum Gasteiger partial charge on any atom is -0.465 e. The summed E-state index contributed by atoms with van der Waals surface area (Å²) in [5.41, 5.74) is -0.0298. The normalized spacial score (nSPS) is 10.2. The van der Waals surface area contributed by atoms with Crippen LogP contribution in [-0.2, 0) is 4.74 Å². The monoisotopic (exact) mass is 307 g/mol. The van der Waals surface area contributed by atoms with Gasteiger partial charge in [0.25, 0.3) is 5.69 Å². The Hall–Kier alpha value is -2.41. The van der Waals surface area contributed by atoms with E-state index >= 15 is 0 Å². The van der Waals surface area contributed by atoms with Crippen LogP contribution in [0.2, 0.25) is 0 Å². The first-order valence-corrected chi connectivity index (χ1v) is 6.63. The lowest BCUT2D eigenvalue weighted by Crippen LogP contribution is -2.02. The van der Waals surface area contributed by atoms with Gasteiger partial charge in [0.1, 0.15) is 5.82 Å². The molecule has 2 rings (SSSR count). The molecular formula is C14H10FNO4S. The van der Waals surface area contributed by atoms with Crippen molar-refractivity contribution in [3.05, 3.63) is 64.0 Å². The van der Waals surface area contributed by atoms with Gasteiger partial charge in [0.2, 0.25) is 0 Å². The Morgan fingerprint density at radius 3 is 2.57 bits per heavy atom. The first kappa shape index (κ1) is 15.0. The van der Waals surface area contributed by atoms with Gasteiger partial charge in [-0.3, -0.25) is 10.1 Å². The van der Waals surface area contributed by atoms with E-state index in [2.05, 4.69) is 4.74 Å². The number of ether oxygens (including phenoxy) is 1. The Balaban J connectivity index is 2.46. The second kappa shape index (κ2) is 6.36. The lowest BCUT2D eigenvalue weighted by molar-refractivity contribution is -0.387. The van der Waals surface area contributed by atoms with Gasteiger partial charge in [-0.25, -0.2) is 9.18 Å². The molecular weight excluding hydrogens is 297 g/mol. The fraction of sp³-hybridized carbons (Fsp3) is 0.0714. The van der Waals surface area contributed by atoms with Crippen LogP contribution in [0.3, 0.4) is 0 Å². The van der Waals surface area contributed by atoms with E-state index in [4.69, 9.17) is 0 Å². The zero-order chi connectivity index (χ0) is 15.4. The SMILES string of the molecule is COC(=O)c1ccc([N+](=O)[O-])c(Sc2ccccc2F)c1. The van der Waals surface area contributed by atoms with Gasteiger partial charge >= 0.3 is 5.97 Å². The molecule has 7 heteroatoms. The summed E-state index contributed by atoms with van der Waals surface area (Å²) >= 11 is 0.887. The van der Waals surface area contributed by atoms with Crippen LogP contribution in [-0.4, -0.2) is 18.0 Å². The summed E-state index contributed by atoms with van der Waals surface area (Å²) in [6.45, 7) is 0. The maximum absolute atomic E-state index is 13.7.